The number of anilines is 2. The second-order valence-corrected chi connectivity index (χ2v) is 4.15. The topological polar surface area (TPSA) is 41.1 Å². The maximum Gasteiger partial charge on any atom is 0.226 e. The summed E-state index contributed by atoms with van der Waals surface area (Å²) in [5.41, 5.74) is 1.94. The van der Waals surface area contributed by atoms with Gasteiger partial charge in [-0.3, -0.25) is 4.79 Å². The molecule has 1 aromatic rings. The third kappa shape index (κ3) is 3.93. The Bertz CT molecular complexity index is 330. The highest BCUT2D eigenvalue weighted by molar-refractivity contribution is 5.92. The Kier molecular flexibility index (Phi) is 4.83. The van der Waals surface area contributed by atoms with Crippen LogP contribution in [-0.4, -0.2) is 12.5 Å². The average Bonchev–Trinajstić information content (AvgIpc) is 2.28. The fraction of sp³-hybridized carbons (Fsp3) is 0.462. The van der Waals surface area contributed by atoms with Crippen molar-refractivity contribution in [2.24, 2.45) is 5.92 Å². The van der Waals surface area contributed by atoms with Gasteiger partial charge in [-0.05, 0) is 30.7 Å². The van der Waals surface area contributed by atoms with Crippen LogP contribution in [0.1, 0.15) is 27.2 Å². The SMILES string of the molecule is CCCNc1ccc(NC(=O)C(C)C)cc1. The first-order valence-electron chi connectivity index (χ1n) is 5.78. The normalized spacial score (nSPS) is 10.2. The summed E-state index contributed by atoms with van der Waals surface area (Å²) in [7, 11) is 0. The molecule has 3 nitrogen and oxygen atoms in total. The molecule has 1 rings (SSSR count). The van der Waals surface area contributed by atoms with Gasteiger partial charge in [0, 0.05) is 23.8 Å². The maximum atomic E-state index is 11.4. The zero-order valence-electron chi connectivity index (χ0n) is 10.2. The molecule has 0 radical (unpaired) electrons. The highest BCUT2D eigenvalue weighted by atomic mass is 16.1. The van der Waals surface area contributed by atoms with E-state index >= 15 is 0 Å². The number of benzene rings is 1. The zero-order valence-corrected chi connectivity index (χ0v) is 10.2. The minimum Gasteiger partial charge on any atom is -0.385 e. The molecule has 0 aliphatic heterocycles. The van der Waals surface area contributed by atoms with Crippen LogP contribution in [0, 0.1) is 5.92 Å². The lowest BCUT2D eigenvalue weighted by molar-refractivity contribution is -0.118. The van der Waals surface area contributed by atoms with Gasteiger partial charge < -0.3 is 10.6 Å². The van der Waals surface area contributed by atoms with Gasteiger partial charge in [-0.25, -0.2) is 0 Å². The molecule has 0 aliphatic carbocycles. The average molecular weight is 220 g/mol. The molecule has 0 aliphatic rings. The molecule has 1 amide bonds. The van der Waals surface area contributed by atoms with Crippen molar-refractivity contribution < 1.29 is 4.79 Å². The predicted octanol–water partition coefficient (Wildman–Crippen LogP) is 3.10. The lowest BCUT2D eigenvalue weighted by atomic mass is 10.2. The molecule has 0 bridgehead atoms. The summed E-state index contributed by atoms with van der Waals surface area (Å²) in [4.78, 5) is 11.4. The van der Waals surface area contributed by atoms with Crippen LogP contribution in [-0.2, 0) is 4.79 Å². The van der Waals surface area contributed by atoms with E-state index in [1.807, 2.05) is 38.1 Å². The number of carbonyl (C=O) groups excluding carboxylic acids is 1. The number of amides is 1. The minimum atomic E-state index is 0.0119. The molecule has 0 saturated heterocycles. The van der Waals surface area contributed by atoms with Crippen molar-refractivity contribution in [3.05, 3.63) is 24.3 Å². The lowest BCUT2D eigenvalue weighted by Gasteiger charge is -2.09. The first-order chi connectivity index (χ1) is 7.63. The molecule has 0 atom stereocenters. The third-order valence-electron chi connectivity index (χ3n) is 2.26. The summed E-state index contributed by atoms with van der Waals surface area (Å²) in [6.45, 7) is 6.86. The van der Waals surface area contributed by atoms with E-state index in [0.29, 0.717) is 0 Å². The Hall–Kier alpha value is -1.51. The van der Waals surface area contributed by atoms with Gasteiger partial charge in [-0.1, -0.05) is 20.8 Å². The predicted molar refractivity (Wildman–Crippen MR) is 68.7 cm³/mol. The molecular weight excluding hydrogens is 200 g/mol. The van der Waals surface area contributed by atoms with Gasteiger partial charge in [0.1, 0.15) is 0 Å². The molecule has 0 aromatic heterocycles. The summed E-state index contributed by atoms with van der Waals surface area (Å²) < 4.78 is 0. The van der Waals surface area contributed by atoms with Gasteiger partial charge in [0.15, 0.2) is 0 Å². The van der Waals surface area contributed by atoms with Crippen LogP contribution >= 0.6 is 0 Å². The van der Waals surface area contributed by atoms with Crippen LogP contribution in [0.15, 0.2) is 24.3 Å². The van der Waals surface area contributed by atoms with Crippen molar-refractivity contribution in [2.75, 3.05) is 17.2 Å². The molecule has 0 fully saturated rings. The van der Waals surface area contributed by atoms with E-state index in [9.17, 15) is 4.79 Å². The first kappa shape index (κ1) is 12.6. The van der Waals surface area contributed by atoms with E-state index in [1.165, 1.54) is 0 Å². The maximum absolute atomic E-state index is 11.4. The summed E-state index contributed by atoms with van der Waals surface area (Å²) in [5.74, 6) is 0.0622. The van der Waals surface area contributed by atoms with Crippen molar-refractivity contribution in [1.82, 2.24) is 0 Å². The van der Waals surface area contributed by atoms with E-state index in [0.717, 1.165) is 24.3 Å². The largest absolute Gasteiger partial charge is 0.385 e. The monoisotopic (exact) mass is 220 g/mol. The van der Waals surface area contributed by atoms with Crippen molar-refractivity contribution >= 4 is 17.3 Å². The van der Waals surface area contributed by atoms with Gasteiger partial charge in [-0.15, -0.1) is 0 Å². The molecule has 88 valence electrons. The van der Waals surface area contributed by atoms with E-state index in [-0.39, 0.29) is 11.8 Å². The number of carbonyl (C=O) groups is 1. The fourth-order valence-corrected chi connectivity index (χ4v) is 1.23. The molecular formula is C13H20N2O. The van der Waals surface area contributed by atoms with E-state index in [4.69, 9.17) is 0 Å². The second-order valence-electron chi connectivity index (χ2n) is 4.15. The number of nitrogens with one attached hydrogen (secondary N) is 2. The molecule has 3 heteroatoms. The van der Waals surface area contributed by atoms with Gasteiger partial charge >= 0.3 is 0 Å². The van der Waals surface area contributed by atoms with Crippen molar-refractivity contribution in [1.29, 1.82) is 0 Å². The van der Waals surface area contributed by atoms with Crippen LogP contribution in [0.25, 0.3) is 0 Å². The molecule has 0 spiro atoms. The van der Waals surface area contributed by atoms with Gasteiger partial charge in [-0.2, -0.15) is 0 Å². The van der Waals surface area contributed by atoms with E-state index in [2.05, 4.69) is 17.6 Å². The number of rotatable bonds is 5. The van der Waals surface area contributed by atoms with Crippen molar-refractivity contribution in [3.8, 4) is 0 Å². The second kappa shape index (κ2) is 6.16. The van der Waals surface area contributed by atoms with E-state index < -0.39 is 0 Å². The van der Waals surface area contributed by atoms with Crippen LogP contribution in [0.5, 0.6) is 0 Å². The molecule has 0 heterocycles. The van der Waals surface area contributed by atoms with Crippen LogP contribution in [0.3, 0.4) is 0 Å². The molecule has 0 saturated carbocycles. The van der Waals surface area contributed by atoms with Gasteiger partial charge in [0.2, 0.25) is 5.91 Å². The zero-order chi connectivity index (χ0) is 12.0. The van der Waals surface area contributed by atoms with Crippen molar-refractivity contribution in [2.45, 2.75) is 27.2 Å². The van der Waals surface area contributed by atoms with Crippen LogP contribution < -0.4 is 10.6 Å². The smallest absolute Gasteiger partial charge is 0.226 e. The third-order valence-corrected chi connectivity index (χ3v) is 2.26. The first-order valence-corrected chi connectivity index (χ1v) is 5.78. The molecule has 16 heavy (non-hydrogen) atoms. The van der Waals surface area contributed by atoms with Gasteiger partial charge in [0.25, 0.3) is 0 Å². The standard InChI is InChI=1S/C13H20N2O/c1-4-9-14-11-5-7-12(8-6-11)15-13(16)10(2)3/h5-8,10,14H,4,9H2,1-3H3,(H,15,16). The Balaban J connectivity index is 2.54. The van der Waals surface area contributed by atoms with Gasteiger partial charge in [0.05, 0.1) is 0 Å². The summed E-state index contributed by atoms with van der Waals surface area (Å²) in [5, 5.41) is 6.14. The Morgan fingerprint density at radius 3 is 2.25 bits per heavy atom. The highest BCUT2D eigenvalue weighted by Crippen LogP contribution is 2.14. The minimum absolute atomic E-state index is 0.0119. The summed E-state index contributed by atoms with van der Waals surface area (Å²) >= 11 is 0. The Morgan fingerprint density at radius 2 is 1.75 bits per heavy atom. The Labute approximate surface area is 97.2 Å². The summed E-state index contributed by atoms with van der Waals surface area (Å²) in [6, 6.07) is 7.79. The Morgan fingerprint density at radius 1 is 1.19 bits per heavy atom. The lowest BCUT2D eigenvalue weighted by Crippen LogP contribution is -2.17. The molecule has 0 unspecified atom stereocenters. The molecule has 1 aromatic carbocycles. The summed E-state index contributed by atoms with van der Waals surface area (Å²) in [6.07, 6.45) is 1.10. The van der Waals surface area contributed by atoms with Crippen LogP contribution in [0.4, 0.5) is 11.4 Å². The quantitative estimate of drug-likeness (QED) is 0.800. The highest BCUT2D eigenvalue weighted by Gasteiger charge is 2.06. The van der Waals surface area contributed by atoms with Crippen LogP contribution in [0.2, 0.25) is 0 Å². The molecule has 2 N–H and O–H groups in total. The van der Waals surface area contributed by atoms with Crippen molar-refractivity contribution in [3.63, 3.8) is 0 Å². The fourth-order valence-electron chi connectivity index (χ4n) is 1.23. The number of hydrogen-bond donors (Lipinski definition) is 2. The number of hydrogen-bond acceptors (Lipinski definition) is 2. The van der Waals surface area contributed by atoms with E-state index in [1.54, 1.807) is 0 Å².